The summed E-state index contributed by atoms with van der Waals surface area (Å²) >= 11 is 2.74. The molecular formula is C16H16N4O3S2. The highest BCUT2D eigenvalue weighted by Gasteiger charge is 2.15. The zero-order valence-corrected chi connectivity index (χ0v) is 15.5. The number of hydrogen-bond donors (Lipinski definition) is 1. The van der Waals surface area contributed by atoms with Crippen molar-refractivity contribution in [2.75, 3.05) is 19.5 Å². The molecule has 0 bridgehead atoms. The Morgan fingerprint density at radius 3 is 2.68 bits per heavy atom. The van der Waals surface area contributed by atoms with Gasteiger partial charge in [0.1, 0.15) is 15.7 Å². The van der Waals surface area contributed by atoms with Crippen LogP contribution in [0, 0.1) is 0 Å². The first kappa shape index (κ1) is 17.3. The summed E-state index contributed by atoms with van der Waals surface area (Å²) in [5.41, 5.74) is 1.19. The molecular weight excluding hydrogens is 360 g/mol. The molecule has 0 aliphatic carbocycles. The van der Waals surface area contributed by atoms with E-state index < -0.39 is 0 Å². The Morgan fingerprint density at radius 2 is 2.00 bits per heavy atom. The quantitative estimate of drug-likeness (QED) is 0.709. The molecule has 25 heavy (non-hydrogen) atoms. The topological polar surface area (TPSA) is 86.2 Å². The molecule has 1 N–H and O–H groups in total. The largest absolute Gasteiger partial charge is 0.493 e. The van der Waals surface area contributed by atoms with Gasteiger partial charge in [-0.15, -0.1) is 21.5 Å². The zero-order valence-electron chi connectivity index (χ0n) is 13.9. The van der Waals surface area contributed by atoms with E-state index >= 15 is 0 Å². The number of ether oxygens (including phenoxy) is 2. The van der Waals surface area contributed by atoms with Crippen molar-refractivity contribution < 1.29 is 14.3 Å². The molecule has 0 aliphatic rings. The lowest BCUT2D eigenvalue weighted by atomic mass is 10.2. The zero-order chi connectivity index (χ0) is 17.8. The Labute approximate surface area is 152 Å². The molecule has 7 nitrogen and oxygen atoms in total. The number of anilines is 1. The maximum Gasteiger partial charge on any atom is 0.276 e. The summed E-state index contributed by atoms with van der Waals surface area (Å²) in [6, 6.07) is 5.51. The fourth-order valence-electron chi connectivity index (χ4n) is 2.09. The molecule has 3 rings (SSSR count). The Balaban J connectivity index is 1.78. The third kappa shape index (κ3) is 3.77. The van der Waals surface area contributed by atoms with Gasteiger partial charge >= 0.3 is 0 Å². The highest BCUT2D eigenvalue weighted by atomic mass is 32.1. The number of benzene rings is 1. The van der Waals surface area contributed by atoms with Gasteiger partial charge in [-0.1, -0.05) is 18.3 Å². The van der Waals surface area contributed by atoms with E-state index in [2.05, 4.69) is 20.5 Å². The number of hydrogen-bond acceptors (Lipinski definition) is 8. The van der Waals surface area contributed by atoms with Gasteiger partial charge in [0.05, 0.1) is 14.2 Å². The molecule has 2 heterocycles. The second-order valence-corrected chi connectivity index (χ2v) is 6.84. The van der Waals surface area contributed by atoms with Gasteiger partial charge in [0.2, 0.25) is 5.13 Å². The number of nitrogens with one attached hydrogen (secondary N) is 1. The number of aryl methyl sites for hydroxylation is 1. The summed E-state index contributed by atoms with van der Waals surface area (Å²) in [6.45, 7) is 1.99. The van der Waals surface area contributed by atoms with Crippen molar-refractivity contribution in [3.63, 3.8) is 0 Å². The van der Waals surface area contributed by atoms with E-state index in [1.807, 2.05) is 25.1 Å². The van der Waals surface area contributed by atoms with Crippen molar-refractivity contribution in [1.82, 2.24) is 15.2 Å². The minimum atomic E-state index is -0.304. The monoisotopic (exact) mass is 376 g/mol. The summed E-state index contributed by atoms with van der Waals surface area (Å²) in [4.78, 5) is 16.7. The molecule has 0 atom stereocenters. The third-order valence-corrected chi connectivity index (χ3v) is 5.23. The van der Waals surface area contributed by atoms with Crippen LogP contribution in [0.1, 0.15) is 22.4 Å². The molecule has 1 aromatic carbocycles. The Bertz CT molecular complexity index is 891. The lowest BCUT2D eigenvalue weighted by Crippen LogP contribution is -2.12. The second kappa shape index (κ2) is 7.58. The van der Waals surface area contributed by atoms with Crippen molar-refractivity contribution in [2.24, 2.45) is 0 Å². The first-order valence-electron chi connectivity index (χ1n) is 7.46. The van der Waals surface area contributed by atoms with Gasteiger partial charge < -0.3 is 9.47 Å². The van der Waals surface area contributed by atoms with Crippen LogP contribution in [-0.4, -0.2) is 35.3 Å². The van der Waals surface area contributed by atoms with E-state index in [1.165, 1.54) is 22.7 Å². The summed E-state index contributed by atoms with van der Waals surface area (Å²) in [5.74, 6) is 0.952. The van der Waals surface area contributed by atoms with Gasteiger partial charge in [-0.05, 0) is 24.6 Å². The maximum absolute atomic E-state index is 12.3. The molecule has 0 saturated carbocycles. The Kier molecular flexibility index (Phi) is 5.25. The predicted octanol–water partition coefficient (Wildman–Crippen LogP) is 3.49. The van der Waals surface area contributed by atoms with Gasteiger partial charge in [0.25, 0.3) is 5.91 Å². The molecule has 0 aliphatic heterocycles. The molecule has 2 aromatic heterocycles. The lowest BCUT2D eigenvalue weighted by Gasteiger charge is -2.08. The summed E-state index contributed by atoms with van der Waals surface area (Å²) < 4.78 is 10.5. The van der Waals surface area contributed by atoms with Crippen molar-refractivity contribution >= 4 is 33.7 Å². The molecule has 0 unspecified atom stereocenters. The van der Waals surface area contributed by atoms with E-state index in [4.69, 9.17) is 9.47 Å². The number of carbonyl (C=O) groups is 1. The van der Waals surface area contributed by atoms with Gasteiger partial charge in [0.15, 0.2) is 11.5 Å². The van der Waals surface area contributed by atoms with Crippen LogP contribution in [0.3, 0.4) is 0 Å². The van der Waals surface area contributed by atoms with E-state index in [0.717, 1.165) is 22.0 Å². The normalized spacial score (nSPS) is 10.5. The van der Waals surface area contributed by atoms with Crippen LogP contribution in [0.2, 0.25) is 0 Å². The van der Waals surface area contributed by atoms with Crippen LogP contribution in [0.25, 0.3) is 10.6 Å². The van der Waals surface area contributed by atoms with Crippen molar-refractivity contribution in [3.05, 3.63) is 34.3 Å². The molecule has 0 radical (unpaired) electrons. The van der Waals surface area contributed by atoms with Crippen LogP contribution in [0.4, 0.5) is 5.13 Å². The van der Waals surface area contributed by atoms with Crippen LogP contribution >= 0.6 is 22.7 Å². The molecule has 9 heteroatoms. The van der Waals surface area contributed by atoms with E-state index in [9.17, 15) is 4.79 Å². The number of aromatic nitrogens is 3. The van der Waals surface area contributed by atoms with Crippen LogP contribution in [0.15, 0.2) is 23.6 Å². The van der Waals surface area contributed by atoms with Crippen LogP contribution < -0.4 is 14.8 Å². The van der Waals surface area contributed by atoms with Gasteiger partial charge in [-0.3, -0.25) is 10.1 Å². The summed E-state index contributed by atoms with van der Waals surface area (Å²) in [6.07, 6.45) is 0.785. The second-order valence-electron chi connectivity index (χ2n) is 4.92. The van der Waals surface area contributed by atoms with Crippen molar-refractivity contribution in [1.29, 1.82) is 0 Å². The van der Waals surface area contributed by atoms with E-state index in [1.54, 1.807) is 19.6 Å². The summed E-state index contributed by atoms with van der Waals surface area (Å²) in [5, 5.41) is 14.4. The smallest absolute Gasteiger partial charge is 0.276 e. The fourth-order valence-corrected chi connectivity index (χ4v) is 3.56. The summed E-state index contributed by atoms with van der Waals surface area (Å²) in [7, 11) is 3.16. The van der Waals surface area contributed by atoms with Crippen LogP contribution in [-0.2, 0) is 6.42 Å². The van der Waals surface area contributed by atoms with E-state index in [0.29, 0.717) is 22.3 Å². The average Bonchev–Trinajstić information content (AvgIpc) is 3.30. The molecule has 130 valence electrons. The minimum absolute atomic E-state index is 0.304. The third-order valence-electron chi connectivity index (χ3n) is 3.36. The average molecular weight is 376 g/mol. The van der Waals surface area contributed by atoms with Crippen LogP contribution in [0.5, 0.6) is 11.5 Å². The number of rotatable bonds is 6. The van der Waals surface area contributed by atoms with Crippen molar-refractivity contribution in [2.45, 2.75) is 13.3 Å². The first-order valence-corrected chi connectivity index (χ1v) is 9.15. The predicted molar refractivity (Wildman–Crippen MR) is 97.9 cm³/mol. The number of thiazole rings is 1. The molecule has 0 fully saturated rings. The molecule has 3 aromatic rings. The molecule has 1 amide bonds. The van der Waals surface area contributed by atoms with E-state index in [-0.39, 0.29) is 5.91 Å². The number of carbonyl (C=O) groups excluding carboxylic acids is 1. The van der Waals surface area contributed by atoms with Gasteiger partial charge in [-0.25, -0.2) is 4.98 Å². The fraction of sp³-hybridized carbons (Fsp3) is 0.250. The Morgan fingerprint density at radius 1 is 1.20 bits per heavy atom. The highest BCUT2D eigenvalue weighted by molar-refractivity contribution is 7.15. The standard InChI is InChI=1S/C16H16N4O3S2/c1-4-13-19-20-16(25-13)18-14(21)10-8-24-15(17-10)9-5-6-11(22-2)12(7-9)23-3/h5-8H,4H2,1-3H3,(H,18,20,21). The molecule has 0 saturated heterocycles. The first-order chi connectivity index (χ1) is 12.1. The highest BCUT2D eigenvalue weighted by Crippen LogP contribution is 2.33. The van der Waals surface area contributed by atoms with Gasteiger partial charge in [0, 0.05) is 10.9 Å². The van der Waals surface area contributed by atoms with Gasteiger partial charge in [-0.2, -0.15) is 0 Å². The minimum Gasteiger partial charge on any atom is -0.493 e. The lowest BCUT2D eigenvalue weighted by molar-refractivity contribution is 0.102. The number of amides is 1. The Hall–Kier alpha value is -2.52. The van der Waals surface area contributed by atoms with Crippen molar-refractivity contribution in [3.8, 4) is 22.1 Å². The number of methoxy groups -OCH3 is 2. The SMILES string of the molecule is CCc1nnc(NC(=O)c2csc(-c3ccc(OC)c(OC)c3)n2)s1. The maximum atomic E-state index is 12.3. The number of nitrogens with zero attached hydrogens (tertiary/aromatic N) is 3. The molecule has 0 spiro atoms.